The Bertz CT molecular complexity index is 1290. The third-order valence-corrected chi connectivity index (χ3v) is 5.48. The van der Waals surface area contributed by atoms with Gasteiger partial charge in [-0.05, 0) is 61.5 Å². The number of nitrogens with one attached hydrogen (secondary N) is 1. The van der Waals surface area contributed by atoms with E-state index in [1.807, 2.05) is 0 Å². The highest BCUT2D eigenvalue weighted by molar-refractivity contribution is 6.36. The summed E-state index contributed by atoms with van der Waals surface area (Å²) in [6.45, 7) is 1.62. The molecule has 1 atom stereocenters. The van der Waals surface area contributed by atoms with Crippen LogP contribution in [0.1, 0.15) is 6.92 Å². The van der Waals surface area contributed by atoms with Crippen LogP contribution in [0, 0.1) is 0 Å². The molecule has 0 aliphatic heterocycles. The molecule has 9 heteroatoms. The summed E-state index contributed by atoms with van der Waals surface area (Å²) in [6, 6.07) is 14.9. The highest BCUT2D eigenvalue weighted by atomic mass is 35.5. The van der Waals surface area contributed by atoms with Crippen molar-refractivity contribution in [1.82, 2.24) is 4.98 Å². The van der Waals surface area contributed by atoms with Crippen molar-refractivity contribution >= 4 is 69.1 Å². The predicted octanol–water partition coefficient (Wildman–Crippen LogP) is 7.51. The summed E-state index contributed by atoms with van der Waals surface area (Å²) >= 11 is 24.3. The summed E-state index contributed by atoms with van der Waals surface area (Å²) in [7, 11) is 0. The van der Waals surface area contributed by atoms with Crippen LogP contribution in [-0.4, -0.2) is 17.0 Å². The Hall–Kier alpha value is -2.44. The number of fused-ring (bicyclic) bond motifs is 1. The van der Waals surface area contributed by atoms with E-state index in [9.17, 15) is 4.79 Å². The minimum absolute atomic E-state index is 0.323. The lowest BCUT2D eigenvalue weighted by molar-refractivity contribution is -0.122. The number of hydrogen-bond donors (Lipinski definition) is 1. The molecule has 4 rings (SSSR count). The van der Waals surface area contributed by atoms with Crippen molar-refractivity contribution in [2.75, 3.05) is 5.32 Å². The molecule has 0 aliphatic carbocycles. The van der Waals surface area contributed by atoms with E-state index in [0.29, 0.717) is 54.1 Å². The molecule has 0 spiro atoms. The molecule has 0 aliphatic rings. The highest BCUT2D eigenvalue weighted by Gasteiger charge is 2.18. The van der Waals surface area contributed by atoms with Crippen LogP contribution in [0.3, 0.4) is 0 Å². The molecule has 0 bridgehead atoms. The number of carbonyl (C=O) groups is 1. The molecule has 1 amide bonds. The summed E-state index contributed by atoms with van der Waals surface area (Å²) in [4.78, 5) is 17.0. The largest absolute Gasteiger partial charge is 0.479 e. The van der Waals surface area contributed by atoms with Gasteiger partial charge >= 0.3 is 0 Å². The Morgan fingerprint density at radius 1 is 0.968 bits per heavy atom. The number of hydrogen-bond acceptors (Lipinski definition) is 4. The van der Waals surface area contributed by atoms with E-state index in [0.717, 1.165) is 0 Å². The summed E-state index contributed by atoms with van der Waals surface area (Å²) in [6.07, 6.45) is -0.799. The highest BCUT2D eigenvalue weighted by Crippen LogP contribution is 2.33. The van der Waals surface area contributed by atoms with Crippen LogP contribution < -0.4 is 10.1 Å². The number of oxazole rings is 1. The number of nitrogens with zero attached hydrogens (tertiary/aromatic N) is 1. The summed E-state index contributed by atoms with van der Waals surface area (Å²) in [5.41, 5.74) is 2.21. The second-order valence-electron chi connectivity index (χ2n) is 6.65. The molecule has 1 heterocycles. The number of amides is 1. The molecule has 1 unspecified atom stereocenters. The van der Waals surface area contributed by atoms with Gasteiger partial charge in [0.25, 0.3) is 5.91 Å². The first kappa shape index (κ1) is 21.8. The zero-order valence-electron chi connectivity index (χ0n) is 16.0. The van der Waals surface area contributed by atoms with Crippen molar-refractivity contribution < 1.29 is 13.9 Å². The fraction of sp³-hybridized carbons (Fsp3) is 0.0909. The summed E-state index contributed by atoms with van der Waals surface area (Å²) in [5.74, 6) is 0.343. The van der Waals surface area contributed by atoms with Crippen molar-refractivity contribution in [2.45, 2.75) is 13.0 Å². The molecule has 31 heavy (non-hydrogen) atoms. The molecule has 3 aromatic carbocycles. The van der Waals surface area contributed by atoms with Gasteiger partial charge < -0.3 is 14.5 Å². The van der Waals surface area contributed by atoms with Crippen LogP contribution in [0.15, 0.2) is 59.0 Å². The topological polar surface area (TPSA) is 64.4 Å². The molecule has 5 nitrogen and oxygen atoms in total. The molecule has 0 fully saturated rings. The van der Waals surface area contributed by atoms with Gasteiger partial charge in [0.2, 0.25) is 5.89 Å². The van der Waals surface area contributed by atoms with E-state index in [1.54, 1.807) is 61.5 Å². The van der Waals surface area contributed by atoms with Gasteiger partial charge in [0.1, 0.15) is 11.3 Å². The lowest BCUT2D eigenvalue weighted by Gasteiger charge is -2.15. The first-order valence-corrected chi connectivity index (χ1v) is 10.6. The molecule has 1 N–H and O–H groups in total. The first-order chi connectivity index (χ1) is 14.8. The second-order valence-corrected chi connectivity index (χ2v) is 8.34. The zero-order chi connectivity index (χ0) is 22.1. The second kappa shape index (κ2) is 8.97. The van der Waals surface area contributed by atoms with Gasteiger partial charge in [-0.25, -0.2) is 4.98 Å². The molecule has 0 saturated carbocycles. The van der Waals surface area contributed by atoms with Crippen LogP contribution in [0.25, 0.3) is 22.6 Å². The van der Waals surface area contributed by atoms with Crippen molar-refractivity contribution in [3.63, 3.8) is 0 Å². The van der Waals surface area contributed by atoms with Crippen molar-refractivity contribution in [1.29, 1.82) is 0 Å². The normalized spacial score (nSPS) is 12.0. The standard InChI is InChI=1S/C22H14Cl4N2O3/c1-11(30-19-6-3-13(24)9-17(19)26)21(29)27-14-4-7-20-18(10-14)28-22(31-20)15-8-12(23)2-5-16(15)25/h2-11H,1H3,(H,27,29). The molecule has 0 radical (unpaired) electrons. The lowest BCUT2D eigenvalue weighted by Crippen LogP contribution is -2.30. The van der Waals surface area contributed by atoms with E-state index in [-0.39, 0.29) is 5.91 Å². The average Bonchev–Trinajstić information content (AvgIpc) is 3.15. The molecule has 0 saturated heterocycles. The van der Waals surface area contributed by atoms with E-state index in [1.165, 1.54) is 0 Å². The number of benzene rings is 3. The maximum atomic E-state index is 12.6. The van der Waals surface area contributed by atoms with E-state index in [4.69, 9.17) is 55.6 Å². The van der Waals surface area contributed by atoms with E-state index in [2.05, 4.69) is 10.3 Å². The predicted molar refractivity (Wildman–Crippen MR) is 125 cm³/mol. The molecule has 4 aromatic rings. The van der Waals surface area contributed by atoms with Crippen LogP contribution in [0.2, 0.25) is 20.1 Å². The Kier molecular flexibility index (Phi) is 6.30. The lowest BCUT2D eigenvalue weighted by atomic mass is 10.2. The van der Waals surface area contributed by atoms with Crippen LogP contribution in [-0.2, 0) is 4.79 Å². The fourth-order valence-corrected chi connectivity index (χ4v) is 3.66. The third kappa shape index (κ3) is 4.91. The average molecular weight is 496 g/mol. The molecule has 158 valence electrons. The van der Waals surface area contributed by atoms with Gasteiger partial charge in [-0.3, -0.25) is 4.79 Å². The number of rotatable bonds is 5. The Morgan fingerprint density at radius 3 is 2.48 bits per heavy atom. The van der Waals surface area contributed by atoms with Crippen LogP contribution in [0.5, 0.6) is 5.75 Å². The smallest absolute Gasteiger partial charge is 0.265 e. The quantitative estimate of drug-likeness (QED) is 0.311. The first-order valence-electron chi connectivity index (χ1n) is 9.09. The fourth-order valence-electron chi connectivity index (χ4n) is 2.84. The Balaban J connectivity index is 1.52. The van der Waals surface area contributed by atoms with E-state index < -0.39 is 6.10 Å². The molecular formula is C22H14Cl4N2O3. The minimum atomic E-state index is -0.799. The van der Waals surface area contributed by atoms with Crippen molar-refractivity contribution in [3.05, 3.63) is 74.7 Å². The number of anilines is 1. The van der Waals surface area contributed by atoms with Crippen molar-refractivity contribution in [3.8, 4) is 17.2 Å². The number of aromatic nitrogens is 1. The maximum Gasteiger partial charge on any atom is 0.265 e. The van der Waals surface area contributed by atoms with E-state index >= 15 is 0 Å². The van der Waals surface area contributed by atoms with Gasteiger partial charge in [-0.2, -0.15) is 0 Å². The SMILES string of the molecule is CC(Oc1ccc(Cl)cc1Cl)C(=O)Nc1ccc2oc(-c3cc(Cl)ccc3Cl)nc2c1. The van der Waals surface area contributed by atoms with Crippen LogP contribution >= 0.6 is 46.4 Å². The Labute approximate surface area is 197 Å². The number of ether oxygens (including phenoxy) is 1. The zero-order valence-corrected chi connectivity index (χ0v) is 19.0. The van der Waals surface area contributed by atoms with Crippen molar-refractivity contribution in [2.24, 2.45) is 0 Å². The Morgan fingerprint density at radius 2 is 1.71 bits per heavy atom. The van der Waals surface area contributed by atoms with Crippen LogP contribution in [0.4, 0.5) is 5.69 Å². The van der Waals surface area contributed by atoms with Gasteiger partial charge in [0.15, 0.2) is 11.7 Å². The number of halogens is 4. The summed E-state index contributed by atoms with van der Waals surface area (Å²) in [5, 5.41) is 4.58. The van der Waals surface area contributed by atoms with Gasteiger partial charge in [-0.15, -0.1) is 0 Å². The molecular weight excluding hydrogens is 482 g/mol. The van der Waals surface area contributed by atoms with Gasteiger partial charge in [-0.1, -0.05) is 46.4 Å². The third-order valence-electron chi connectivity index (χ3n) is 4.38. The maximum absolute atomic E-state index is 12.6. The van der Waals surface area contributed by atoms with Gasteiger partial charge in [0.05, 0.1) is 15.6 Å². The number of carbonyl (C=O) groups excluding carboxylic acids is 1. The molecule has 1 aromatic heterocycles. The monoisotopic (exact) mass is 494 g/mol. The summed E-state index contributed by atoms with van der Waals surface area (Å²) < 4.78 is 11.4. The van der Waals surface area contributed by atoms with Gasteiger partial charge in [0, 0.05) is 15.7 Å². The minimum Gasteiger partial charge on any atom is -0.479 e.